The van der Waals surface area contributed by atoms with Gasteiger partial charge in [-0.25, -0.2) is 0 Å². The molecule has 0 saturated carbocycles. The molecule has 1 aliphatic rings. The highest BCUT2D eigenvalue weighted by Gasteiger charge is 2.33. The number of rotatable bonds is 7. The molecule has 0 aromatic carbocycles. The summed E-state index contributed by atoms with van der Waals surface area (Å²) in [6.45, 7) is 15.2. The molecule has 26 heavy (non-hydrogen) atoms. The van der Waals surface area contributed by atoms with Gasteiger partial charge in [-0.1, -0.05) is 0 Å². The number of nitrogens with one attached hydrogen (secondary N) is 2. The maximum absolute atomic E-state index is 5.85. The Bertz CT molecular complexity index is 524. The number of hydrogen-bond donors (Lipinski definition) is 2. The summed E-state index contributed by atoms with van der Waals surface area (Å²) in [5.41, 5.74) is -0.00430. The molecule has 6 nitrogen and oxygen atoms in total. The second-order valence-corrected chi connectivity index (χ2v) is 7.43. The lowest BCUT2D eigenvalue weighted by atomic mass is 10.0. The quantitative estimate of drug-likeness (QED) is 0.359. The summed E-state index contributed by atoms with van der Waals surface area (Å²) in [6.07, 6.45) is 3.10. The largest absolute Gasteiger partial charge is 0.469 e. The SMILES string of the molecule is CCNC(=NCC(C)(C)N1CC(C)OC(C)C1)NCCc1ccco1.I. The minimum Gasteiger partial charge on any atom is -0.469 e. The predicted octanol–water partition coefficient (Wildman–Crippen LogP) is 2.88. The zero-order valence-electron chi connectivity index (χ0n) is 16.7. The van der Waals surface area contributed by atoms with Crippen LogP contribution in [0.1, 0.15) is 40.4 Å². The Morgan fingerprint density at radius 1 is 1.27 bits per heavy atom. The zero-order chi connectivity index (χ0) is 18.3. The molecule has 0 bridgehead atoms. The second kappa shape index (κ2) is 11.1. The van der Waals surface area contributed by atoms with Crippen molar-refractivity contribution in [1.29, 1.82) is 0 Å². The summed E-state index contributed by atoms with van der Waals surface area (Å²) < 4.78 is 11.2. The maximum Gasteiger partial charge on any atom is 0.191 e. The molecule has 2 rings (SSSR count). The van der Waals surface area contributed by atoms with Gasteiger partial charge in [0, 0.05) is 38.1 Å². The van der Waals surface area contributed by atoms with Crippen molar-refractivity contribution in [2.75, 3.05) is 32.7 Å². The van der Waals surface area contributed by atoms with E-state index in [4.69, 9.17) is 14.1 Å². The normalized spacial score (nSPS) is 22.0. The van der Waals surface area contributed by atoms with Crippen LogP contribution in [-0.4, -0.2) is 61.3 Å². The lowest BCUT2D eigenvalue weighted by Gasteiger charge is -2.44. The smallest absolute Gasteiger partial charge is 0.191 e. The number of ether oxygens (including phenoxy) is 1. The molecule has 1 aromatic rings. The highest BCUT2D eigenvalue weighted by Crippen LogP contribution is 2.21. The molecule has 0 aliphatic carbocycles. The fourth-order valence-corrected chi connectivity index (χ4v) is 3.15. The Balaban J connectivity index is 0.00000338. The first kappa shape index (κ1) is 23.2. The van der Waals surface area contributed by atoms with Crippen LogP contribution in [0.3, 0.4) is 0 Å². The van der Waals surface area contributed by atoms with Crippen LogP contribution in [0.15, 0.2) is 27.8 Å². The van der Waals surface area contributed by atoms with Crippen molar-refractivity contribution in [2.24, 2.45) is 4.99 Å². The van der Waals surface area contributed by atoms with Crippen LogP contribution in [0.4, 0.5) is 0 Å². The topological polar surface area (TPSA) is 62.0 Å². The Kier molecular flexibility index (Phi) is 9.95. The van der Waals surface area contributed by atoms with E-state index in [1.807, 2.05) is 12.1 Å². The lowest BCUT2D eigenvalue weighted by Crippen LogP contribution is -2.56. The molecule has 7 heteroatoms. The molecule has 0 radical (unpaired) electrons. The number of aliphatic imine (C=N–C) groups is 1. The number of guanidine groups is 1. The van der Waals surface area contributed by atoms with Crippen LogP contribution < -0.4 is 10.6 Å². The first-order valence-corrected chi connectivity index (χ1v) is 9.35. The number of hydrogen-bond acceptors (Lipinski definition) is 4. The van der Waals surface area contributed by atoms with E-state index in [0.717, 1.165) is 50.9 Å². The Labute approximate surface area is 175 Å². The van der Waals surface area contributed by atoms with Crippen molar-refractivity contribution >= 4 is 29.9 Å². The fraction of sp³-hybridized carbons (Fsp3) is 0.737. The molecule has 0 amide bonds. The van der Waals surface area contributed by atoms with Crippen molar-refractivity contribution in [2.45, 2.75) is 58.8 Å². The van der Waals surface area contributed by atoms with Crippen molar-refractivity contribution in [3.63, 3.8) is 0 Å². The number of furan rings is 1. The molecule has 2 heterocycles. The van der Waals surface area contributed by atoms with Gasteiger partial charge in [-0.3, -0.25) is 9.89 Å². The molecule has 1 saturated heterocycles. The fourth-order valence-electron chi connectivity index (χ4n) is 3.15. The summed E-state index contributed by atoms with van der Waals surface area (Å²) in [4.78, 5) is 7.30. The Hall–Kier alpha value is -0.800. The van der Waals surface area contributed by atoms with Gasteiger partial charge in [0.15, 0.2) is 5.96 Å². The standard InChI is InChI=1S/C19H34N4O2.HI/c1-6-20-18(21-10-9-17-8-7-11-24-17)22-14-19(4,5)23-12-15(2)25-16(3)13-23;/h7-8,11,15-16H,6,9-10,12-14H2,1-5H3,(H2,20,21,22);1H. The van der Waals surface area contributed by atoms with Gasteiger partial charge in [-0.2, -0.15) is 0 Å². The van der Waals surface area contributed by atoms with Gasteiger partial charge in [-0.15, -0.1) is 24.0 Å². The average Bonchev–Trinajstić information content (AvgIpc) is 3.05. The maximum atomic E-state index is 5.85. The second-order valence-electron chi connectivity index (χ2n) is 7.43. The molecule has 1 fully saturated rings. The van der Waals surface area contributed by atoms with Crippen LogP contribution in [0, 0.1) is 0 Å². The van der Waals surface area contributed by atoms with Crippen molar-refractivity contribution in [3.8, 4) is 0 Å². The van der Waals surface area contributed by atoms with E-state index in [9.17, 15) is 0 Å². The van der Waals surface area contributed by atoms with Crippen LogP contribution in [0.5, 0.6) is 0 Å². The Morgan fingerprint density at radius 3 is 2.54 bits per heavy atom. The van der Waals surface area contributed by atoms with Crippen LogP contribution in [0.25, 0.3) is 0 Å². The van der Waals surface area contributed by atoms with Gasteiger partial charge in [0.2, 0.25) is 0 Å². The van der Waals surface area contributed by atoms with Crippen molar-refractivity contribution in [1.82, 2.24) is 15.5 Å². The molecular formula is C19H35IN4O2. The molecule has 150 valence electrons. The third kappa shape index (κ3) is 7.44. The third-order valence-corrected chi connectivity index (χ3v) is 4.49. The summed E-state index contributed by atoms with van der Waals surface area (Å²) in [7, 11) is 0. The monoisotopic (exact) mass is 478 g/mol. The molecule has 0 spiro atoms. The van der Waals surface area contributed by atoms with E-state index in [0.29, 0.717) is 0 Å². The minimum atomic E-state index is -0.00430. The molecule has 1 aromatic heterocycles. The summed E-state index contributed by atoms with van der Waals surface area (Å²) in [6, 6.07) is 3.91. The lowest BCUT2D eigenvalue weighted by molar-refractivity contribution is -0.0939. The summed E-state index contributed by atoms with van der Waals surface area (Å²) >= 11 is 0. The van der Waals surface area contributed by atoms with Crippen LogP contribution in [0.2, 0.25) is 0 Å². The van der Waals surface area contributed by atoms with Crippen molar-refractivity contribution < 1.29 is 9.15 Å². The highest BCUT2D eigenvalue weighted by molar-refractivity contribution is 14.0. The predicted molar refractivity (Wildman–Crippen MR) is 117 cm³/mol. The van der Waals surface area contributed by atoms with Gasteiger partial charge < -0.3 is 19.8 Å². The van der Waals surface area contributed by atoms with E-state index in [2.05, 4.69) is 50.2 Å². The first-order chi connectivity index (χ1) is 11.9. The summed E-state index contributed by atoms with van der Waals surface area (Å²) in [5.74, 6) is 1.84. The molecule has 2 unspecified atom stereocenters. The van der Waals surface area contributed by atoms with E-state index >= 15 is 0 Å². The Morgan fingerprint density at radius 2 is 1.96 bits per heavy atom. The number of nitrogens with zero attached hydrogens (tertiary/aromatic N) is 2. The first-order valence-electron chi connectivity index (χ1n) is 9.35. The third-order valence-electron chi connectivity index (χ3n) is 4.49. The summed E-state index contributed by atoms with van der Waals surface area (Å²) in [5, 5.41) is 6.71. The van der Waals surface area contributed by atoms with Crippen LogP contribution >= 0.6 is 24.0 Å². The number of halogens is 1. The highest BCUT2D eigenvalue weighted by atomic mass is 127. The van der Waals surface area contributed by atoms with Gasteiger partial charge in [-0.05, 0) is 46.8 Å². The van der Waals surface area contributed by atoms with Crippen molar-refractivity contribution in [3.05, 3.63) is 24.2 Å². The number of morpholine rings is 1. The van der Waals surface area contributed by atoms with Gasteiger partial charge in [0.05, 0.1) is 25.0 Å². The molecule has 2 N–H and O–H groups in total. The molecule has 1 aliphatic heterocycles. The van der Waals surface area contributed by atoms with E-state index in [1.165, 1.54) is 0 Å². The molecular weight excluding hydrogens is 443 g/mol. The zero-order valence-corrected chi connectivity index (χ0v) is 19.1. The van der Waals surface area contributed by atoms with E-state index in [-0.39, 0.29) is 41.7 Å². The van der Waals surface area contributed by atoms with E-state index < -0.39 is 0 Å². The van der Waals surface area contributed by atoms with Gasteiger partial charge >= 0.3 is 0 Å². The van der Waals surface area contributed by atoms with Gasteiger partial charge in [0.1, 0.15) is 5.76 Å². The minimum absolute atomic E-state index is 0. The van der Waals surface area contributed by atoms with Gasteiger partial charge in [0.25, 0.3) is 0 Å². The molecule has 2 atom stereocenters. The van der Waals surface area contributed by atoms with E-state index in [1.54, 1.807) is 6.26 Å². The van der Waals surface area contributed by atoms with Crippen LogP contribution in [-0.2, 0) is 11.2 Å². The average molecular weight is 478 g/mol.